The van der Waals surface area contributed by atoms with E-state index in [1.54, 1.807) is 31.2 Å². The van der Waals surface area contributed by atoms with E-state index >= 15 is 0 Å². The first kappa shape index (κ1) is 22.0. The average molecular weight is 428 g/mol. The molecule has 1 N–H and O–H groups in total. The van der Waals surface area contributed by atoms with E-state index in [9.17, 15) is 13.2 Å². The van der Waals surface area contributed by atoms with E-state index in [2.05, 4.69) is 4.72 Å². The molecule has 0 spiro atoms. The second kappa shape index (κ2) is 9.77. The lowest BCUT2D eigenvalue weighted by molar-refractivity contribution is -0.143. The van der Waals surface area contributed by atoms with Crippen LogP contribution < -0.4 is 14.2 Å². The Morgan fingerprint density at radius 2 is 1.79 bits per heavy atom. The summed E-state index contributed by atoms with van der Waals surface area (Å²) in [5.74, 6) is 0.333. The van der Waals surface area contributed by atoms with E-state index in [0.29, 0.717) is 16.3 Å². The molecule has 0 saturated carbocycles. The van der Waals surface area contributed by atoms with Crippen molar-refractivity contribution >= 4 is 27.6 Å². The zero-order valence-electron chi connectivity index (χ0n) is 15.8. The molecule has 0 aliphatic rings. The van der Waals surface area contributed by atoms with Gasteiger partial charge in [-0.05, 0) is 36.8 Å². The first-order chi connectivity index (χ1) is 13.3. The molecule has 28 heavy (non-hydrogen) atoms. The van der Waals surface area contributed by atoms with Gasteiger partial charge in [-0.1, -0.05) is 23.7 Å². The van der Waals surface area contributed by atoms with E-state index in [4.69, 9.17) is 25.8 Å². The number of halogens is 1. The van der Waals surface area contributed by atoms with Crippen molar-refractivity contribution in [3.63, 3.8) is 0 Å². The number of esters is 1. The van der Waals surface area contributed by atoms with Crippen LogP contribution in [0, 0.1) is 0 Å². The zero-order valence-corrected chi connectivity index (χ0v) is 17.3. The van der Waals surface area contributed by atoms with E-state index in [1.165, 1.54) is 32.4 Å². The summed E-state index contributed by atoms with van der Waals surface area (Å²) in [4.78, 5) is 12.0. The molecule has 0 saturated heterocycles. The summed E-state index contributed by atoms with van der Waals surface area (Å²) >= 11 is 5.97. The second-order valence-electron chi connectivity index (χ2n) is 5.75. The van der Waals surface area contributed by atoms with Gasteiger partial charge in [-0.3, -0.25) is 4.79 Å². The summed E-state index contributed by atoms with van der Waals surface area (Å²) in [6.45, 7) is 1.89. The second-order valence-corrected chi connectivity index (χ2v) is 7.87. The van der Waals surface area contributed by atoms with Gasteiger partial charge in [0.25, 0.3) is 0 Å². The minimum atomic E-state index is -3.96. The molecular weight excluding hydrogens is 406 g/mol. The molecule has 0 radical (unpaired) electrons. The summed E-state index contributed by atoms with van der Waals surface area (Å²) < 4.78 is 43.5. The fraction of sp³-hybridized carbons (Fsp3) is 0.316. The Morgan fingerprint density at radius 1 is 1.11 bits per heavy atom. The molecule has 2 aromatic rings. The first-order valence-corrected chi connectivity index (χ1v) is 10.3. The molecule has 0 amide bonds. The normalized spacial score (nSPS) is 12.3. The van der Waals surface area contributed by atoms with Gasteiger partial charge in [0.2, 0.25) is 10.0 Å². The van der Waals surface area contributed by atoms with Crippen LogP contribution in [0.3, 0.4) is 0 Å². The van der Waals surface area contributed by atoms with Gasteiger partial charge >= 0.3 is 5.97 Å². The number of rotatable bonds is 9. The van der Waals surface area contributed by atoms with Gasteiger partial charge < -0.3 is 14.2 Å². The van der Waals surface area contributed by atoms with E-state index in [-0.39, 0.29) is 23.7 Å². The van der Waals surface area contributed by atoms with Crippen molar-refractivity contribution in [3.05, 3.63) is 53.1 Å². The molecule has 1 atom stereocenters. The summed E-state index contributed by atoms with van der Waals surface area (Å²) in [5.41, 5.74) is 0.596. The third-order valence-electron chi connectivity index (χ3n) is 3.92. The third kappa shape index (κ3) is 5.60. The summed E-state index contributed by atoms with van der Waals surface area (Å²) in [7, 11) is -1.04. The summed E-state index contributed by atoms with van der Waals surface area (Å²) in [5, 5.41) is 0.291. The van der Waals surface area contributed by atoms with Crippen LogP contribution in [0.5, 0.6) is 11.5 Å². The Labute approximate surface area is 169 Å². The van der Waals surface area contributed by atoms with Crippen molar-refractivity contribution in [3.8, 4) is 11.5 Å². The van der Waals surface area contributed by atoms with Gasteiger partial charge in [-0.15, -0.1) is 0 Å². The number of sulfonamides is 1. The standard InChI is InChI=1S/C19H22ClNO6S/c1-4-27-19(22)12-17(13-5-7-14(25-2)8-6-13)21-28(23,24)15-9-10-16(20)18(11-15)26-3/h5-11,17,21H,4,12H2,1-3H3/t17-/m0/s1. The quantitative estimate of drug-likeness (QED) is 0.617. The smallest absolute Gasteiger partial charge is 0.307 e. The lowest BCUT2D eigenvalue weighted by atomic mass is 10.0. The zero-order chi connectivity index (χ0) is 20.7. The highest BCUT2D eigenvalue weighted by Gasteiger charge is 2.25. The van der Waals surface area contributed by atoms with Crippen molar-refractivity contribution in [2.75, 3.05) is 20.8 Å². The molecule has 152 valence electrons. The van der Waals surface area contributed by atoms with Gasteiger partial charge in [0, 0.05) is 6.07 Å². The minimum absolute atomic E-state index is 0.0314. The van der Waals surface area contributed by atoms with Gasteiger partial charge in [-0.25, -0.2) is 13.1 Å². The molecular formula is C19H22ClNO6S. The van der Waals surface area contributed by atoms with Crippen LogP contribution in [0.1, 0.15) is 24.9 Å². The first-order valence-electron chi connectivity index (χ1n) is 8.46. The number of hydrogen-bond donors (Lipinski definition) is 1. The van der Waals surface area contributed by atoms with Gasteiger partial charge in [0.1, 0.15) is 11.5 Å². The highest BCUT2D eigenvalue weighted by molar-refractivity contribution is 7.89. The van der Waals surface area contributed by atoms with Gasteiger partial charge in [-0.2, -0.15) is 0 Å². The number of carbonyl (C=O) groups is 1. The molecule has 0 heterocycles. The van der Waals surface area contributed by atoms with E-state index in [1.807, 2.05) is 0 Å². The van der Waals surface area contributed by atoms with Crippen molar-refractivity contribution < 1.29 is 27.4 Å². The van der Waals surface area contributed by atoms with E-state index < -0.39 is 22.0 Å². The minimum Gasteiger partial charge on any atom is -0.497 e. The number of benzene rings is 2. The molecule has 0 aliphatic heterocycles. The Hall–Kier alpha value is -2.29. The SMILES string of the molecule is CCOC(=O)C[C@H](NS(=O)(=O)c1ccc(Cl)c(OC)c1)c1ccc(OC)cc1. The molecule has 0 fully saturated rings. The number of nitrogens with one attached hydrogen (secondary N) is 1. The van der Waals surface area contributed by atoms with Gasteiger partial charge in [0.15, 0.2) is 0 Å². The van der Waals surface area contributed by atoms with Crippen LogP contribution in [0.25, 0.3) is 0 Å². The molecule has 2 aromatic carbocycles. The molecule has 0 aromatic heterocycles. The maximum atomic E-state index is 12.9. The predicted octanol–water partition coefficient (Wildman–Crippen LogP) is 3.33. The largest absolute Gasteiger partial charge is 0.497 e. The monoisotopic (exact) mass is 427 g/mol. The Bertz CT molecular complexity index is 915. The average Bonchev–Trinajstić information content (AvgIpc) is 2.67. The van der Waals surface area contributed by atoms with Crippen LogP contribution in [0.4, 0.5) is 0 Å². The fourth-order valence-electron chi connectivity index (χ4n) is 2.51. The highest BCUT2D eigenvalue weighted by atomic mass is 35.5. The Kier molecular flexibility index (Phi) is 7.68. The molecule has 0 unspecified atom stereocenters. The Morgan fingerprint density at radius 3 is 2.36 bits per heavy atom. The maximum absolute atomic E-state index is 12.9. The van der Waals surface area contributed by atoms with Crippen molar-refractivity contribution in [1.29, 1.82) is 0 Å². The van der Waals surface area contributed by atoms with Crippen LogP contribution >= 0.6 is 11.6 Å². The molecule has 0 aliphatic carbocycles. The highest BCUT2D eigenvalue weighted by Crippen LogP contribution is 2.29. The number of ether oxygens (including phenoxy) is 3. The van der Waals surface area contributed by atoms with Crippen LogP contribution in [-0.4, -0.2) is 35.2 Å². The Balaban J connectivity index is 2.35. The summed E-state index contributed by atoms with van der Waals surface area (Å²) in [6, 6.07) is 10.0. The van der Waals surface area contributed by atoms with Gasteiger partial charge in [0.05, 0.1) is 43.2 Å². The molecule has 7 nitrogen and oxygen atoms in total. The number of methoxy groups -OCH3 is 2. The lowest BCUT2D eigenvalue weighted by Gasteiger charge is -2.19. The van der Waals surface area contributed by atoms with Crippen LogP contribution in [0.15, 0.2) is 47.4 Å². The predicted molar refractivity (Wildman–Crippen MR) is 105 cm³/mol. The van der Waals surface area contributed by atoms with E-state index in [0.717, 1.165) is 0 Å². The number of carbonyl (C=O) groups excluding carboxylic acids is 1. The molecule has 2 rings (SSSR count). The van der Waals surface area contributed by atoms with Crippen LogP contribution in [0.2, 0.25) is 5.02 Å². The van der Waals surface area contributed by atoms with Crippen LogP contribution in [-0.2, 0) is 19.6 Å². The summed E-state index contributed by atoms with van der Waals surface area (Å²) in [6.07, 6.45) is -0.163. The lowest BCUT2D eigenvalue weighted by Crippen LogP contribution is -2.30. The molecule has 0 bridgehead atoms. The van der Waals surface area contributed by atoms with Crippen molar-refractivity contribution in [2.45, 2.75) is 24.3 Å². The maximum Gasteiger partial charge on any atom is 0.307 e. The van der Waals surface area contributed by atoms with Crippen molar-refractivity contribution in [1.82, 2.24) is 4.72 Å². The number of hydrogen-bond acceptors (Lipinski definition) is 6. The van der Waals surface area contributed by atoms with Crippen molar-refractivity contribution in [2.24, 2.45) is 0 Å². The third-order valence-corrected chi connectivity index (χ3v) is 5.71. The fourth-order valence-corrected chi connectivity index (χ4v) is 3.95. The molecule has 9 heteroatoms. The topological polar surface area (TPSA) is 90.9 Å².